The first-order valence-electron chi connectivity index (χ1n) is 9.11. The minimum atomic E-state index is -0.377. The highest BCUT2D eigenvalue weighted by Gasteiger charge is 2.30. The second-order valence-corrected chi connectivity index (χ2v) is 8.35. The lowest BCUT2D eigenvalue weighted by Gasteiger charge is -2.38. The molecule has 2 heterocycles. The lowest BCUT2D eigenvalue weighted by molar-refractivity contribution is -0.144. The summed E-state index contributed by atoms with van der Waals surface area (Å²) < 4.78 is 5.69. The first-order valence-corrected chi connectivity index (χ1v) is 9.11. The van der Waals surface area contributed by atoms with Crippen molar-refractivity contribution in [1.29, 1.82) is 0 Å². The summed E-state index contributed by atoms with van der Waals surface area (Å²) in [5.41, 5.74) is -0.377. The Hall–Kier alpha value is -1.14. The van der Waals surface area contributed by atoms with E-state index in [1.165, 1.54) is 0 Å². The third-order valence-corrected chi connectivity index (χ3v) is 4.65. The molecule has 0 saturated carbocycles. The van der Waals surface area contributed by atoms with Crippen LogP contribution in [0.4, 0.5) is 0 Å². The van der Waals surface area contributed by atoms with E-state index in [9.17, 15) is 9.59 Å². The molecule has 0 aliphatic carbocycles. The second-order valence-electron chi connectivity index (χ2n) is 8.35. The van der Waals surface area contributed by atoms with Crippen LogP contribution in [0.2, 0.25) is 0 Å². The molecule has 1 N–H and O–H groups in total. The van der Waals surface area contributed by atoms with Crippen molar-refractivity contribution in [3.8, 4) is 0 Å². The quantitative estimate of drug-likeness (QED) is 0.841. The standard InChI is InChI=1S/C18H33N3O3/c1-13-9-21(10-14(2)24-13)16(22)12-20-8-6-7-15(11-20)19-17(23)18(3,4)5/h13-15H,6-12H2,1-5H3,(H,19,23). The van der Waals surface area contributed by atoms with Gasteiger partial charge in [-0.1, -0.05) is 20.8 Å². The average molecular weight is 339 g/mol. The van der Waals surface area contributed by atoms with Gasteiger partial charge in [0.2, 0.25) is 11.8 Å². The fourth-order valence-electron chi connectivity index (χ4n) is 3.39. The van der Waals surface area contributed by atoms with E-state index in [1.54, 1.807) is 0 Å². The molecule has 2 amide bonds. The maximum atomic E-state index is 12.6. The van der Waals surface area contributed by atoms with Gasteiger partial charge in [-0.3, -0.25) is 14.5 Å². The molecule has 0 spiro atoms. The van der Waals surface area contributed by atoms with E-state index >= 15 is 0 Å². The van der Waals surface area contributed by atoms with Crippen molar-refractivity contribution in [2.45, 2.75) is 65.7 Å². The Morgan fingerprint density at radius 2 is 1.75 bits per heavy atom. The van der Waals surface area contributed by atoms with Crippen LogP contribution >= 0.6 is 0 Å². The number of morpholine rings is 1. The molecule has 0 aromatic rings. The topological polar surface area (TPSA) is 61.9 Å². The van der Waals surface area contributed by atoms with E-state index in [0.29, 0.717) is 19.6 Å². The van der Waals surface area contributed by atoms with E-state index in [1.807, 2.05) is 39.5 Å². The molecular formula is C18H33N3O3. The third kappa shape index (κ3) is 5.45. The van der Waals surface area contributed by atoms with Crippen molar-refractivity contribution in [3.63, 3.8) is 0 Å². The Morgan fingerprint density at radius 3 is 2.33 bits per heavy atom. The van der Waals surface area contributed by atoms with Crippen LogP contribution < -0.4 is 5.32 Å². The van der Waals surface area contributed by atoms with Gasteiger partial charge in [0.15, 0.2) is 0 Å². The van der Waals surface area contributed by atoms with Gasteiger partial charge in [0.25, 0.3) is 0 Å². The molecule has 0 bridgehead atoms. The summed E-state index contributed by atoms with van der Waals surface area (Å²) in [4.78, 5) is 28.8. The van der Waals surface area contributed by atoms with Gasteiger partial charge in [-0.2, -0.15) is 0 Å². The Bertz CT molecular complexity index is 451. The number of rotatable bonds is 3. The molecule has 0 aromatic heterocycles. The van der Waals surface area contributed by atoms with E-state index in [4.69, 9.17) is 4.74 Å². The van der Waals surface area contributed by atoms with Gasteiger partial charge in [-0.25, -0.2) is 0 Å². The Kier molecular flexibility index (Phi) is 6.26. The maximum absolute atomic E-state index is 12.6. The Morgan fingerprint density at radius 1 is 1.12 bits per heavy atom. The number of hydrogen-bond acceptors (Lipinski definition) is 4. The summed E-state index contributed by atoms with van der Waals surface area (Å²) in [6.07, 6.45) is 2.19. The molecule has 138 valence electrons. The van der Waals surface area contributed by atoms with Gasteiger partial charge in [-0.05, 0) is 33.2 Å². The van der Waals surface area contributed by atoms with E-state index in [-0.39, 0.29) is 35.5 Å². The summed E-state index contributed by atoms with van der Waals surface area (Å²) >= 11 is 0. The zero-order valence-corrected chi connectivity index (χ0v) is 15.8. The van der Waals surface area contributed by atoms with Crippen LogP contribution in [0.1, 0.15) is 47.5 Å². The SMILES string of the molecule is CC1CN(C(=O)CN2CCCC(NC(=O)C(C)(C)C)C2)CC(C)O1. The normalized spacial score (nSPS) is 29.4. The molecular weight excluding hydrogens is 306 g/mol. The molecule has 3 unspecified atom stereocenters. The number of carbonyl (C=O) groups is 2. The van der Waals surface area contributed by atoms with Crippen LogP contribution in [0, 0.1) is 5.41 Å². The Balaban J connectivity index is 1.84. The summed E-state index contributed by atoms with van der Waals surface area (Å²) in [6.45, 7) is 13.2. The summed E-state index contributed by atoms with van der Waals surface area (Å²) in [5, 5.41) is 3.13. The first kappa shape index (κ1) is 19.2. The highest BCUT2D eigenvalue weighted by atomic mass is 16.5. The van der Waals surface area contributed by atoms with Crippen LogP contribution in [0.15, 0.2) is 0 Å². The number of nitrogens with zero attached hydrogens (tertiary/aromatic N) is 2. The lowest BCUT2D eigenvalue weighted by Crippen LogP contribution is -2.54. The van der Waals surface area contributed by atoms with Gasteiger partial charge >= 0.3 is 0 Å². The average Bonchev–Trinajstić information content (AvgIpc) is 2.45. The molecule has 24 heavy (non-hydrogen) atoms. The van der Waals surface area contributed by atoms with Gasteiger partial charge in [-0.15, -0.1) is 0 Å². The van der Waals surface area contributed by atoms with E-state index in [2.05, 4.69) is 10.2 Å². The summed E-state index contributed by atoms with van der Waals surface area (Å²) in [7, 11) is 0. The van der Waals surface area contributed by atoms with E-state index in [0.717, 1.165) is 25.9 Å². The number of nitrogens with one attached hydrogen (secondary N) is 1. The summed E-state index contributed by atoms with van der Waals surface area (Å²) in [6, 6.07) is 0.140. The number of hydrogen-bond donors (Lipinski definition) is 1. The number of ether oxygens (including phenoxy) is 1. The van der Waals surface area contributed by atoms with Gasteiger partial charge in [0.05, 0.1) is 18.8 Å². The number of carbonyl (C=O) groups excluding carboxylic acids is 2. The predicted octanol–water partition coefficient (Wildman–Crippen LogP) is 1.25. The molecule has 0 radical (unpaired) electrons. The lowest BCUT2D eigenvalue weighted by atomic mass is 9.94. The van der Waals surface area contributed by atoms with Crippen LogP contribution in [-0.4, -0.2) is 72.6 Å². The fraction of sp³-hybridized carbons (Fsp3) is 0.889. The fourth-order valence-corrected chi connectivity index (χ4v) is 3.39. The molecule has 2 aliphatic rings. The van der Waals surface area contributed by atoms with Crippen molar-refractivity contribution < 1.29 is 14.3 Å². The smallest absolute Gasteiger partial charge is 0.236 e. The highest BCUT2D eigenvalue weighted by molar-refractivity contribution is 5.81. The first-order chi connectivity index (χ1) is 11.1. The van der Waals surface area contributed by atoms with Gasteiger partial charge < -0.3 is 15.0 Å². The predicted molar refractivity (Wildman–Crippen MR) is 93.6 cm³/mol. The monoisotopic (exact) mass is 339 g/mol. The summed E-state index contributed by atoms with van der Waals surface area (Å²) in [5.74, 6) is 0.247. The number of likely N-dealkylation sites (tertiary alicyclic amines) is 1. The van der Waals surface area contributed by atoms with Crippen molar-refractivity contribution in [2.75, 3.05) is 32.7 Å². The number of piperidine rings is 1. The number of amides is 2. The molecule has 3 atom stereocenters. The molecule has 2 rings (SSSR count). The molecule has 0 aromatic carbocycles. The van der Waals surface area contributed by atoms with Crippen LogP contribution in [0.25, 0.3) is 0 Å². The molecule has 2 aliphatic heterocycles. The van der Waals surface area contributed by atoms with Crippen molar-refractivity contribution >= 4 is 11.8 Å². The largest absolute Gasteiger partial charge is 0.372 e. The third-order valence-electron chi connectivity index (χ3n) is 4.65. The zero-order chi connectivity index (χ0) is 17.9. The molecule has 6 heteroatoms. The van der Waals surface area contributed by atoms with Crippen molar-refractivity contribution in [1.82, 2.24) is 15.1 Å². The highest BCUT2D eigenvalue weighted by Crippen LogP contribution is 2.17. The molecule has 2 saturated heterocycles. The van der Waals surface area contributed by atoms with Crippen LogP contribution in [0.5, 0.6) is 0 Å². The van der Waals surface area contributed by atoms with Crippen molar-refractivity contribution in [2.24, 2.45) is 5.41 Å². The van der Waals surface area contributed by atoms with E-state index < -0.39 is 0 Å². The molecule has 6 nitrogen and oxygen atoms in total. The minimum absolute atomic E-state index is 0.0801. The second kappa shape index (κ2) is 7.83. The van der Waals surface area contributed by atoms with Gasteiger partial charge in [0.1, 0.15) is 0 Å². The van der Waals surface area contributed by atoms with Crippen molar-refractivity contribution in [3.05, 3.63) is 0 Å². The van der Waals surface area contributed by atoms with Gasteiger partial charge in [0, 0.05) is 31.1 Å². The maximum Gasteiger partial charge on any atom is 0.236 e. The Labute approximate surface area is 145 Å². The minimum Gasteiger partial charge on any atom is -0.372 e. The molecule has 2 fully saturated rings. The van der Waals surface area contributed by atoms with Crippen LogP contribution in [-0.2, 0) is 14.3 Å². The van der Waals surface area contributed by atoms with Crippen LogP contribution in [0.3, 0.4) is 0 Å². The zero-order valence-electron chi connectivity index (χ0n) is 15.8.